The number of allylic oxidation sites excluding steroid dienone is 1. The molecule has 1 aromatic heterocycles. The molecule has 3 aliphatic rings. The fourth-order valence-corrected chi connectivity index (χ4v) is 5.98. The van der Waals surface area contributed by atoms with Crippen LogP contribution in [-0.2, 0) is 14.3 Å². The number of fused-ring (bicyclic) bond motifs is 3. The Morgan fingerprint density at radius 1 is 1.12 bits per heavy atom. The van der Waals surface area contributed by atoms with Gasteiger partial charge in [-0.05, 0) is 44.2 Å². The summed E-state index contributed by atoms with van der Waals surface area (Å²) in [7, 11) is 1.59. The maximum Gasteiger partial charge on any atom is 0.410 e. The number of pyridine rings is 1. The summed E-state index contributed by atoms with van der Waals surface area (Å²) in [4.78, 5) is 45.3. The number of amides is 2. The number of carbonyl (C=O) groups excluding carboxylic acids is 2. The quantitative estimate of drug-likeness (QED) is 0.403. The highest BCUT2D eigenvalue weighted by atomic mass is 16.6. The van der Waals surface area contributed by atoms with Crippen molar-refractivity contribution >= 4 is 28.9 Å². The van der Waals surface area contributed by atoms with Crippen LogP contribution in [0.25, 0.3) is 22.2 Å². The lowest BCUT2D eigenvalue weighted by molar-refractivity contribution is -0.144. The summed E-state index contributed by atoms with van der Waals surface area (Å²) in [6, 6.07) is 16.2. The summed E-state index contributed by atoms with van der Waals surface area (Å²) in [5.41, 5.74) is 0.924. The van der Waals surface area contributed by atoms with Gasteiger partial charge in [-0.1, -0.05) is 42.5 Å². The summed E-state index contributed by atoms with van der Waals surface area (Å²) in [6.07, 6.45) is 6.52. The van der Waals surface area contributed by atoms with Gasteiger partial charge in [0.2, 0.25) is 5.91 Å². The fraction of sp³-hybridized carbons (Fsp3) is 0.394. The van der Waals surface area contributed by atoms with E-state index in [-0.39, 0.29) is 25.5 Å². The predicted octanol–water partition coefficient (Wildman–Crippen LogP) is 4.96. The first kappa shape index (κ1) is 28.5. The molecule has 3 aromatic rings. The highest BCUT2D eigenvalue weighted by Gasteiger charge is 2.61. The van der Waals surface area contributed by atoms with Crippen molar-refractivity contribution in [2.75, 3.05) is 20.3 Å². The second kappa shape index (κ2) is 11.9. The third-order valence-corrected chi connectivity index (χ3v) is 8.49. The van der Waals surface area contributed by atoms with E-state index >= 15 is 0 Å². The average Bonchev–Trinajstić information content (AvgIpc) is 3.55. The van der Waals surface area contributed by atoms with E-state index in [0.29, 0.717) is 35.6 Å². The molecule has 3 heterocycles. The number of aromatic nitrogens is 1. The number of cyclic esters (lactones) is 1. The summed E-state index contributed by atoms with van der Waals surface area (Å²) >= 11 is 0. The number of methoxy groups -OCH3 is 1. The Labute approximate surface area is 249 Å². The molecule has 2 aliphatic heterocycles. The van der Waals surface area contributed by atoms with Gasteiger partial charge in [0.1, 0.15) is 29.2 Å². The minimum Gasteiger partial charge on any atom is -0.497 e. The first-order valence-electron chi connectivity index (χ1n) is 14.7. The van der Waals surface area contributed by atoms with Gasteiger partial charge in [-0.25, -0.2) is 14.6 Å². The van der Waals surface area contributed by atoms with Crippen LogP contribution in [0.5, 0.6) is 11.5 Å². The van der Waals surface area contributed by atoms with Gasteiger partial charge >= 0.3 is 12.1 Å². The number of rotatable bonds is 5. The zero-order valence-corrected chi connectivity index (χ0v) is 24.0. The van der Waals surface area contributed by atoms with Crippen LogP contribution in [0.15, 0.2) is 66.7 Å². The molecule has 0 unspecified atom stereocenters. The maximum atomic E-state index is 13.6. The van der Waals surface area contributed by atoms with Crippen molar-refractivity contribution in [1.29, 1.82) is 0 Å². The Morgan fingerprint density at radius 3 is 2.74 bits per heavy atom. The van der Waals surface area contributed by atoms with Crippen LogP contribution >= 0.6 is 0 Å². The molecule has 1 saturated carbocycles. The minimum atomic E-state index is -1.37. The second-order valence-corrected chi connectivity index (χ2v) is 11.4. The standard InChI is InChI=1S/C33H35N3O7/c1-41-23-13-14-25-27(16-23)34-26(21-10-6-5-7-11-21)18-29(25)43-24-17-28-30(37)35-33(31(38)39)19-22(33)12-8-3-2-4-9-15-42-32(40)36(28)20-24/h5-8,10-14,16,18,22,24,28H,2-4,9,15,17,19-20H2,1H3,(H,35,37)(H,38,39)/b12-8-/t22-,24-,28+,33-/m1/s1. The Bertz CT molecular complexity index is 1560. The van der Waals surface area contributed by atoms with E-state index in [4.69, 9.17) is 19.2 Å². The van der Waals surface area contributed by atoms with Crippen LogP contribution in [0.3, 0.4) is 0 Å². The van der Waals surface area contributed by atoms with E-state index in [1.165, 1.54) is 4.90 Å². The third kappa shape index (κ3) is 5.86. The number of hydrogen-bond acceptors (Lipinski definition) is 7. The van der Waals surface area contributed by atoms with Gasteiger partial charge in [0.05, 0.1) is 31.5 Å². The Hall–Kier alpha value is -4.60. The predicted molar refractivity (Wildman–Crippen MR) is 159 cm³/mol. The number of ether oxygens (including phenoxy) is 3. The zero-order chi connectivity index (χ0) is 30.0. The number of benzene rings is 2. The lowest BCUT2D eigenvalue weighted by atomic mass is 10.1. The summed E-state index contributed by atoms with van der Waals surface area (Å²) in [5, 5.41) is 13.5. The molecular formula is C33H35N3O7. The molecule has 6 rings (SSSR count). The van der Waals surface area contributed by atoms with Gasteiger partial charge in [-0.2, -0.15) is 0 Å². The van der Waals surface area contributed by atoms with Crippen LogP contribution in [0.1, 0.15) is 38.5 Å². The maximum absolute atomic E-state index is 13.6. The molecule has 2 aromatic carbocycles. The molecule has 10 nitrogen and oxygen atoms in total. The number of hydrogen-bond donors (Lipinski definition) is 2. The molecule has 43 heavy (non-hydrogen) atoms. The van der Waals surface area contributed by atoms with Crippen LogP contribution < -0.4 is 14.8 Å². The van der Waals surface area contributed by atoms with E-state index in [0.717, 1.165) is 30.2 Å². The molecule has 2 N–H and O–H groups in total. The molecule has 4 atom stereocenters. The first-order chi connectivity index (χ1) is 20.9. The van der Waals surface area contributed by atoms with E-state index in [2.05, 4.69) is 5.32 Å². The summed E-state index contributed by atoms with van der Waals surface area (Å²) < 4.78 is 17.5. The van der Waals surface area contributed by atoms with Crippen molar-refractivity contribution in [3.8, 4) is 22.8 Å². The molecule has 0 radical (unpaired) electrons. The minimum absolute atomic E-state index is 0.112. The van der Waals surface area contributed by atoms with Crippen molar-refractivity contribution in [1.82, 2.24) is 15.2 Å². The molecule has 2 fully saturated rings. The van der Waals surface area contributed by atoms with Crippen LogP contribution in [0, 0.1) is 5.92 Å². The van der Waals surface area contributed by atoms with E-state index < -0.39 is 35.7 Å². The van der Waals surface area contributed by atoms with E-state index in [1.54, 1.807) is 7.11 Å². The first-order valence-corrected chi connectivity index (χ1v) is 14.7. The average molecular weight is 586 g/mol. The van der Waals surface area contributed by atoms with Crippen molar-refractivity contribution in [3.05, 3.63) is 66.7 Å². The van der Waals surface area contributed by atoms with Crippen molar-refractivity contribution in [2.45, 2.75) is 56.2 Å². The van der Waals surface area contributed by atoms with Gasteiger partial charge in [0.15, 0.2) is 0 Å². The molecule has 224 valence electrons. The van der Waals surface area contributed by atoms with Gasteiger partial charge < -0.3 is 24.6 Å². The van der Waals surface area contributed by atoms with Gasteiger partial charge in [-0.3, -0.25) is 9.69 Å². The topological polar surface area (TPSA) is 127 Å². The summed E-state index contributed by atoms with van der Waals surface area (Å²) in [6.45, 7) is 0.360. The molecular weight excluding hydrogens is 550 g/mol. The molecule has 2 amide bonds. The molecule has 0 bridgehead atoms. The molecule has 0 spiro atoms. The number of carboxylic acid groups (broad SMARTS) is 1. The number of nitrogens with one attached hydrogen (secondary N) is 1. The van der Waals surface area contributed by atoms with Crippen molar-refractivity contribution in [3.63, 3.8) is 0 Å². The normalized spacial score (nSPS) is 26.6. The van der Waals surface area contributed by atoms with Gasteiger partial charge in [-0.15, -0.1) is 0 Å². The lowest BCUT2D eigenvalue weighted by Crippen LogP contribution is -2.53. The third-order valence-electron chi connectivity index (χ3n) is 8.49. The Morgan fingerprint density at radius 2 is 1.95 bits per heavy atom. The van der Waals surface area contributed by atoms with Crippen LogP contribution in [-0.4, -0.2) is 70.9 Å². The second-order valence-electron chi connectivity index (χ2n) is 11.4. The largest absolute Gasteiger partial charge is 0.497 e. The Kier molecular flexibility index (Phi) is 7.92. The van der Waals surface area contributed by atoms with Crippen molar-refractivity contribution in [2.24, 2.45) is 5.92 Å². The van der Waals surface area contributed by atoms with Crippen LogP contribution in [0.2, 0.25) is 0 Å². The molecule has 1 aliphatic carbocycles. The summed E-state index contributed by atoms with van der Waals surface area (Å²) in [5.74, 6) is -0.674. The smallest absolute Gasteiger partial charge is 0.410 e. The highest BCUT2D eigenvalue weighted by molar-refractivity contribution is 5.94. The number of carbonyl (C=O) groups is 3. The highest BCUT2D eigenvalue weighted by Crippen LogP contribution is 2.45. The fourth-order valence-electron chi connectivity index (χ4n) is 5.98. The molecule has 1 saturated heterocycles. The van der Waals surface area contributed by atoms with Gasteiger partial charge in [0.25, 0.3) is 0 Å². The van der Waals surface area contributed by atoms with Crippen LogP contribution in [0.4, 0.5) is 4.79 Å². The molecule has 10 heteroatoms. The Balaban J connectivity index is 1.30. The number of nitrogens with zero attached hydrogens (tertiary/aromatic N) is 2. The lowest BCUT2D eigenvalue weighted by Gasteiger charge is -2.24. The monoisotopic (exact) mass is 585 g/mol. The van der Waals surface area contributed by atoms with Crippen molar-refractivity contribution < 1.29 is 33.7 Å². The van der Waals surface area contributed by atoms with E-state index in [9.17, 15) is 19.5 Å². The number of aliphatic carboxylic acids is 1. The zero-order valence-electron chi connectivity index (χ0n) is 24.0. The SMILES string of the molecule is COc1ccc2c(O[C@@H]3C[C@H]4C(=O)N[C@]5(C(=O)O)C[C@H]5/C=C\CCCCCOC(=O)N4C3)cc(-c3ccccc3)nc2c1. The number of carboxylic acids is 1. The van der Waals surface area contributed by atoms with Gasteiger partial charge in [0, 0.05) is 35.4 Å². The van der Waals surface area contributed by atoms with E-state index in [1.807, 2.05) is 66.7 Å².